The molecule has 6 heteroatoms. The summed E-state index contributed by atoms with van der Waals surface area (Å²) in [5.74, 6) is -0.347. The third-order valence-corrected chi connectivity index (χ3v) is 9.64. The van der Waals surface area contributed by atoms with Crippen LogP contribution in [0.25, 0.3) is 0 Å². The van der Waals surface area contributed by atoms with Gasteiger partial charge < -0.3 is 5.11 Å². The molecule has 1 N–H and O–H groups in total. The predicted molar refractivity (Wildman–Crippen MR) is 130 cm³/mol. The Morgan fingerprint density at radius 3 is 2.46 bits per heavy atom. The van der Waals surface area contributed by atoms with Crippen molar-refractivity contribution in [1.29, 1.82) is 0 Å². The van der Waals surface area contributed by atoms with E-state index in [2.05, 4.69) is 58.2 Å². The van der Waals surface area contributed by atoms with Crippen LogP contribution in [0.3, 0.4) is 0 Å². The molecule has 2 aromatic rings. The summed E-state index contributed by atoms with van der Waals surface area (Å²) in [7, 11) is -3.49. The number of aliphatic hydroxyl groups excluding tert-OH is 1. The number of aliphatic hydroxyl groups is 1. The van der Waals surface area contributed by atoms with E-state index in [1.54, 1.807) is 12.1 Å². The molecule has 2 aromatic carbocycles. The number of unbranched alkanes of at least 4 members (excludes halogenated alkanes) is 1. The summed E-state index contributed by atoms with van der Waals surface area (Å²) in [4.78, 5) is 0.375. The van der Waals surface area contributed by atoms with E-state index in [-0.39, 0.29) is 11.7 Å². The Hall–Kier alpha value is -0.190. The maximum absolute atomic E-state index is 13.4. The Morgan fingerprint density at radius 2 is 1.82 bits per heavy atom. The second kappa shape index (κ2) is 8.89. The molecular weight excluding hydrogens is 598 g/mol. The van der Waals surface area contributed by atoms with E-state index >= 15 is 0 Å². The Balaban J connectivity index is 2.29. The van der Waals surface area contributed by atoms with E-state index in [4.69, 9.17) is 0 Å². The van der Waals surface area contributed by atoms with Crippen LogP contribution < -0.4 is 0 Å². The van der Waals surface area contributed by atoms with Crippen molar-refractivity contribution in [2.24, 2.45) is 5.41 Å². The van der Waals surface area contributed by atoms with Gasteiger partial charge in [-0.25, -0.2) is 8.42 Å². The first-order valence-electron chi connectivity index (χ1n) is 9.70. The summed E-state index contributed by atoms with van der Waals surface area (Å²) >= 11 is 4.59. The van der Waals surface area contributed by atoms with Crippen LogP contribution in [0.2, 0.25) is 0 Å². The molecule has 0 unspecified atom stereocenters. The van der Waals surface area contributed by atoms with Crippen LogP contribution >= 0.6 is 45.2 Å². The molecule has 1 heterocycles. The van der Waals surface area contributed by atoms with E-state index in [1.165, 1.54) is 0 Å². The van der Waals surface area contributed by atoms with Gasteiger partial charge in [0.15, 0.2) is 9.84 Å². The summed E-state index contributed by atoms with van der Waals surface area (Å²) in [5.41, 5.74) is 1.08. The third kappa shape index (κ3) is 4.16. The highest BCUT2D eigenvalue weighted by molar-refractivity contribution is 14.1. The number of rotatable bonds is 5. The Morgan fingerprint density at radius 1 is 1.11 bits per heavy atom. The molecule has 0 fully saturated rings. The predicted octanol–water partition coefficient (Wildman–Crippen LogP) is 5.76. The van der Waals surface area contributed by atoms with Crippen LogP contribution in [0.4, 0.5) is 0 Å². The minimum atomic E-state index is -3.49. The lowest BCUT2D eigenvalue weighted by molar-refractivity contribution is 0.0172. The fourth-order valence-electron chi connectivity index (χ4n) is 4.41. The van der Waals surface area contributed by atoms with E-state index in [0.717, 1.165) is 31.1 Å². The highest BCUT2D eigenvalue weighted by Gasteiger charge is 2.49. The van der Waals surface area contributed by atoms with Crippen molar-refractivity contribution in [3.63, 3.8) is 0 Å². The van der Waals surface area contributed by atoms with Crippen LogP contribution in [-0.4, -0.2) is 25.4 Å². The molecule has 0 aliphatic carbocycles. The topological polar surface area (TPSA) is 54.4 Å². The Labute approximate surface area is 195 Å². The second-order valence-corrected chi connectivity index (χ2v) is 12.1. The van der Waals surface area contributed by atoms with Gasteiger partial charge >= 0.3 is 0 Å². The fourth-order valence-corrected chi connectivity index (χ4v) is 8.62. The summed E-state index contributed by atoms with van der Waals surface area (Å²) in [6.07, 6.45) is 2.49. The van der Waals surface area contributed by atoms with Gasteiger partial charge in [0, 0.05) is 18.5 Å². The normalized spacial score (nSPS) is 26.5. The zero-order valence-electron chi connectivity index (χ0n) is 16.2. The maximum atomic E-state index is 13.4. The molecule has 152 valence electrons. The monoisotopic (exact) mass is 624 g/mol. The van der Waals surface area contributed by atoms with Gasteiger partial charge in [-0.05, 0) is 87.3 Å². The fraction of sp³-hybridized carbons (Fsp3) is 0.455. The van der Waals surface area contributed by atoms with Gasteiger partial charge in [0.05, 0.1) is 16.8 Å². The standard InChI is InChI=1S/C22H26I2O3S/c1-3-5-12-22(4-2)14-28(26,27)19-9-7-6-8-17(19)20(21(22)25)16-11-10-15(23)13-18(16)24/h6-11,13,20-21,25H,3-5,12,14H2,1-2H3/t20-,21-,22-/m1/s1. The lowest BCUT2D eigenvalue weighted by atomic mass is 9.69. The summed E-state index contributed by atoms with van der Waals surface area (Å²) in [6, 6.07) is 13.4. The smallest absolute Gasteiger partial charge is 0.179 e. The van der Waals surface area contributed by atoms with Crippen molar-refractivity contribution in [3.05, 3.63) is 60.7 Å². The van der Waals surface area contributed by atoms with Crippen LogP contribution in [0, 0.1) is 12.6 Å². The van der Waals surface area contributed by atoms with Crippen molar-refractivity contribution >= 4 is 55.0 Å². The molecule has 0 aromatic heterocycles. The Kier molecular flexibility index (Phi) is 7.15. The second-order valence-electron chi connectivity index (χ2n) is 7.70. The molecule has 0 bridgehead atoms. The number of sulfone groups is 1. The summed E-state index contributed by atoms with van der Waals surface area (Å²) in [5, 5.41) is 11.7. The minimum Gasteiger partial charge on any atom is -0.392 e. The van der Waals surface area contributed by atoms with Gasteiger partial charge in [-0.15, -0.1) is 0 Å². The number of benzene rings is 2. The first-order chi connectivity index (χ1) is 13.3. The van der Waals surface area contributed by atoms with Crippen LogP contribution in [-0.2, 0) is 9.84 Å². The van der Waals surface area contributed by atoms with Crippen LogP contribution in [0.5, 0.6) is 0 Å². The number of hydrogen-bond acceptors (Lipinski definition) is 3. The molecule has 3 atom stereocenters. The molecule has 0 spiro atoms. The van der Waals surface area contributed by atoms with Crippen molar-refractivity contribution in [1.82, 2.24) is 0 Å². The molecule has 0 saturated carbocycles. The quantitative estimate of drug-likeness (QED) is 0.431. The number of hydrogen-bond donors (Lipinski definition) is 1. The molecule has 3 rings (SSSR count). The SMILES string of the molecule is CCCC[C@]1(CC)CS(=O)(=O)c2ccccc2[C@@H](c2ccc(I)cc2I)[C@H]1O. The van der Waals surface area contributed by atoms with E-state index in [1.807, 2.05) is 31.2 Å². The molecule has 0 radical (unpaired) electrons. The van der Waals surface area contributed by atoms with Crippen molar-refractivity contribution in [2.45, 2.75) is 56.4 Å². The largest absolute Gasteiger partial charge is 0.392 e. The van der Waals surface area contributed by atoms with E-state index < -0.39 is 21.4 Å². The van der Waals surface area contributed by atoms with E-state index in [9.17, 15) is 13.5 Å². The zero-order chi connectivity index (χ0) is 20.5. The lowest BCUT2D eigenvalue weighted by Crippen LogP contribution is -2.42. The molecule has 1 aliphatic heterocycles. The van der Waals surface area contributed by atoms with Gasteiger partial charge in [0.1, 0.15) is 0 Å². The average molecular weight is 624 g/mol. The molecule has 0 saturated heterocycles. The molecule has 1 aliphatic rings. The number of fused-ring (bicyclic) bond motifs is 1. The molecule has 0 amide bonds. The average Bonchev–Trinajstić information content (AvgIpc) is 2.73. The van der Waals surface area contributed by atoms with Gasteiger partial charge in [-0.3, -0.25) is 0 Å². The molecule has 3 nitrogen and oxygen atoms in total. The molecule has 28 heavy (non-hydrogen) atoms. The van der Waals surface area contributed by atoms with Gasteiger partial charge in [0.2, 0.25) is 0 Å². The van der Waals surface area contributed by atoms with Crippen molar-refractivity contribution in [2.75, 3.05) is 5.75 Å². The summed E-state index contributed by atoms with van der Waals surface area (Å²) < 4.78 is 28.9. The maximum Gasteiger partial charge on any atom is 0.179 e. The highest BCUT2D eigenvalue weighted by atomic mass is 127. The zero-order valence-corrected chi connectivity index (χ0v) is 21.3. The lowest BCUT2D eigenvalue weighted by Gasteiger charge is -2.39. The van der Waals surface area contributed by atoms with Gasteiger partial charge in [0.25, 0.3) is 0 Å². The van der Waals surface area contributed by atoms with Gasteiger partial charge in [-0.1, -0.05) is 51.0 Å². The van der Waals surface area contributed by atoms with Crippen LogP contribution in [0.1, 0.15) is 56.6 Å². The van der Waals surface area contributed by atoms with Crippen molar-refractivity contribution in [3.8, 4) is 0 Å². The molecular formula is C22H26I2O3S. The first kappa shape index (κ1) is 22.5. The number of halogens is 2. The summed E-state index contributed by atoms with van der Waals surface area (Å²) in [6.45, 7) is 4.12. The van der Waals surface area contributed by atoms with Gasteiger partial charge in [-0.2, -0.15) is 0 Å². The minimum absolute atomic E-state index is 0.00608. The van der Waals surface area contributed by atoms with Crippen LogP contribution in [0.15, 0.2) is 47.4 Å². The van der Waals surface area contributed by atoms with Crippen molar-refractivity contribution < 1.29 is 13.5 Å². The van der Waals surface area contributed by atoms with E-state index in [0.29, 0.717) is 17.7 Å². The third-order valence-electron chi connectivity index (χ3n) is 6.04. The Bertz CT molecular complexity index is 958. The first-order valence-corrected chi connectivity index (χ1v) is 13.5. The highest BCUT2D eigenvalue weighted by Crippen LogP contribution is 2.49.